The van der Waals surface area contributed by atoms with Crippen LogP contribution in [-0.2, 0) is 4.79 Å². The summed E-state index contributed by atoms with van der Waals surface area (Å²) in [6, 6.07) is 5.75. The molecule has 0 saturated heterocycles. The number of carbonyl (C=O) groups excluding carboxylic acids is 1. The molecular weight excluding hydrogens is 278 g/mol. The van der Waals surface area contributed by atoms with Gasteiger partial charge in [0.25, 0.3) is 0 Å². The first-order valence-corrected chi connectivity index (χ1v) is 7.03. The minimum atomic E-state index is -0.120. The van der Waals surface area contributed by atoms with Crippen LogP contribution in [0.15, 0.2) is 24.4 Å². The Morgan fingerprint density at radius 1 is 1.18 bits per heavy atom. The van der Waals surface area contributed by atoms with E-state index in [2.05, 4.69) is 20.6 Å². The van der Waals surface area contributed by atoms with E-state index in [0.717, 1.165) is 22.6 Å². The lowest BCUT2D eigenvalue weighted by atomic mass is 10.2. The molecule has 6 nitrogen and oxygen atoms in total. The fourth-order valence-corrected chi connectivity index (χ4v) is 2.13. The standard InChI is InChI=1S/C16H21N5O/c1-10-6-7-13(18-12(3)22)14(8-10)19-16-17-9-11(2)15(20-16)21(4)5/h6-9H,1-5H3,(H,18,22)(H,17,19,20). The molecule has 0 spiro atoms. The van der Waals surface area contributed by atoms with Crippen LogP contribution in [0, 0.1) is 13.8 Å². The van der Waals surface area contributed by atoms with Gasteiger partial charge in [-0.15, -0.1) is 0 Å². The number of nitrogens with one attached hydrogen (secondary N) is 2. The molecule has 2 aromatic rings. The predicted octanol–water partition coefficient (Wildman–Crippen LogP) is 2.86. The summed E-state index contributed by atoms with van der Waals surface area (Å²) in [5, 5.41) is 5.98. The molecule has 22 heavy (non-hydrogen) atoms. The van der Waals surface area contributed by atoms with Crippen molar-refractivity contribution in [3.63, 3.8) is 0 Å². The first-order chi connectivity index (χ1) is 10.4. The molecule has 0 bridgehead atoms. The highest BCUT2D eigenvalue weighted by atomic mass is 16.1. The molecule has 2 rings (SSSR count). The number of nitrogens with zero attached hydrogens (tertiary/aromatic N) is 3. The van der Waals surface area contributed by atoms with E-state index < -0.39 is 0 Å². The number of rotatable bonds is 4. The number of hydrogen-bond acceptors (Lipinski definition) is 5. The molecule has 0 atom stereocenters. The Hall–Kier alpha value is -2.63. The molecule has 0 aliphatic rings. The number of benzene rings is 1. The van der Waals surface area contributed by atoms with Crippen LogP contribution in [0.2, 0.25) is 0 Å². The minimum absolute atomic E-state index is 0.120. The summed E-state index contributed by atoms with van der Waals surface area (Å²) >= 11 is 0. The van der Waals surface area contributed by atoms with Crippen molar-refractivity contribution in [2.45, 2.75) is 20.8 Å². The molecule has 0 aliphatic carbocycles. The highest BCUT2D eigenvalue weighted by Crippen LogP contribution is 2.26. The van der Waals surface area contributed by atoms with E-state index in [-0.39, 0.29) is 5.91 Å². The fraction of sp³-hybridized carbons (Fsp3) is 0.312. The molecule has 0 fully saturated rings. The highest BCUT2D eigenvalue weighted by molar-refractivity contribution is 5.93. The third-order valence-electron chi connectivity index (χ3n) is 3.10. The number of anilines is 4. The van der Waals surface area contributed by atoms with Crippen LogP contribution in [0.3, 0.4) is 0 Å². The second-order valence-corrected chi connectivity index (χ2v) is 5.45. The largest absolute Gasteiger partial charge is 0.362 e. The van der Waals surface area contributed by atoms with E-state index in [0.29, 0.717) is 11.6 Å². The second kappa shape index (κ2) is 6.43. The van der Waals surface area contributed by atoms with Crippen molar-refractivity contribution in [2.24, 2.45) is 0 Å². The quantitative estimate of drug-likeness (QED) is 0.908. The van der Waals surface area contributed by atoms with E-state index in [9.17, 15) is 4.79 Å². The number of amides is 1. The van der Waals surface area contributed by atoms with E-state index >= 15 is 0 Å². The van der Waals surface area contributed by atoms with Gasteiger partial charge in [-0.05, 0) is 31.5 Å². The van der Waals surface area contributed by atoms with Crippen LogP contribution in [0.5, 0.6) is 0 Å². The molecule has 116 valence electrons. The van der Waals surface area contributed by atoms with Crippen molar-refractivity contribution < 1.29 is 4.79 Å². The molecule has 1 aromatic carbocycles. The average Bonchev–Trinajstić information content (AvgIpc) is 2.43. The van der Waals surface area contributed by atoms with Gasteiger partial charge in [0, 0.05) is 32.8 Å². The summed E-state index contributed by atoms with van der Waals surface area (Å²) in [6.45, 7) is 5.44. The summed E-state index contributed by atoms with van der Waals surface area (Å²) in [7, 11) is 3.88. The summed E-state index contributed by atoms with van der Waals surface area (Å²) in [5.41, 5.74) is 3.55. The molecular formula is C16H21N5O. The van der Waals surface area contributed by atoms with Gasteiger partial charge in [-0.1, -0.05) is 6.07 Å². The first-order valence-electron chi connectivity index (χ1n) is 7.03. The summed E-state index contributed by atoms with van der Waals surface area (Å²) in [5.74, 6) is 1.23. The topological polar surface area (TPSA) is 70.2 Å². The normalized spacial score (nSPS) is 10.2. The van der Waals surface area contributed by atoms with Crippen LogP contribution in [0.1, 0.15) is 18.1 Å². The van der Waals surface area contributed by atoms with Gasteiger partial charge in [0.2, 0.25) is 11.9 Å². The lowest BCUT2D eigenvalue weighted by Gasteiger charge is -2.16. The highest BCUT2D eigenvalue weighted by Gasteiger charge is 2.09. The Balaban J connectivity index is 2.36. The summed E-state index contributed by atoms with van der Waals surface area (Å²) in [4.78, 5) is 22.1. The Labute approximate surface area is 130 Å². The monoisotopic (exact) mass is 299 g/mol. The number of carbonyl (C=O) groups is 1. The van der Waals surface area contributed by atoms with Crippen molar-refractivity contribution in [2.75, 3.05) is 29.6 Å². The molecule has 0 unspecified atom stereocenters. The van der Waals surface area contributed by atoms with E-state index in [1.165, 1.54) is 6.92 Å². The van der Waals surface area contributed by atoms with Crippen LogP contribution in [-0.4, -0.2) is 30.0 Å². The Morgan fingerprint density at radius 2 is 1.91 bits per heavy atom. The van der Waals surface area contributed by atoms with Crippen LogP contribution in [0.25, 0.3) is 0 Å². The van der Waals surface area contributed by atoms with Crippen molar-refractivity contribution in [3.8, 4) is 0 Å². The maximum Gasteiger partial charge on any atom is 0.229 e. The Kier molecular flexibility index (Phi) is 4.60. The van der Waals surface area contributed by atoms with Gasteiger partial charge < -0.3 is 15.5 Å². The lowest BCUT2D eigenvalue weighted by molar-refractivity contribution is -0.114. The second-order valence-electron chi connectivity index (χ2n) is 5.45. The van der Waals surface area contributed by atoms with Crippen LogP contribution >= 0.6 is 0 Å². The third-order valence-corrected chi connectivity index (χ3v) is 3.10. The molecule has 1 amide bonds. The zero-order valence-electron chi connectivity index (χ0n) is 13.6. The van der Waals surface area contributed by atoms with E-state index in [1.54, 1.807) is 6.20 Å². The van der Waals surface area contributed by atoms with Crippen LogP contribution in [0.4, 0.5) is 23.1 Å². The molecule has 1 aromatic heterocycles. The van der Waals surface area contributed by atoms with Crippen molar-refractivity contribution in [1.29, 1.82) is 0 Å². The smallest absolute Gasteiger partial charge is 0.229 e. The zero-order valence-corrected chi connectivity index (χ0v) is 13.6. The minimum Gasteiger partial charge on any atom is -0.362 e. The lowest BCUT2D eigenvalue weighted by Crippen LogP contribution is -2.14. The molecule has 6 heteroatoms. The fourth-order valence-electron chi connectivity index (χ4n) is 2.13. The number of aromatic nitrogens is 2. The summed E-state index contributed by atoms with van der Waals surface area (Å²) in [6.07, 6.45) is 1.78. The van der Waals surface area contributed by atoms with Gasteiger partial charge in [0.1, 0.15) is 5.82 Å². The zero-order chi connectivity index (χ0) is 16.3. The molecule has 0 saturated carbocycles. The Morgan fingerprint density at radius 3 is 2.55 bits per heavy atom. The number of aryl methyl sites for hydroxylation is 2. The maximum atomic E-state index is 11.3. The molecule has 1 heterocycles. The van der Waals surface area contributed by atoms with Gasteiger partial charge in [0.05, 0.1) is 11.4 Å². The molecule has 2 N–H and O–H groups in total. The first kappa shape index (κ1) is 15.8. The van der Waals surface area contributed by atoms with Gasteiger partial charge in [-0.2, -0.15) is 4.98 Å². The maximum absolute atomic E-state index is 11.3. The molecule has 0 aliphatic heterocycles. The van der Waals surface area contributed by atoms with Gasteiger partial charge >= 0.3 is 0 Å². The van der Waals surface area contributed by atoms with Crippen molar-refractivity contribution in [3.05, 3.63) is 35.5 Å². The average molecular weight is 299 g/mol. The van der Waals surface area contributed by atoms with Gasteiger partial charge in [-0.3, -0.25) is 4.79 Å². The molecule has 0 radical (unpaired) electrons. The van der Waals surface area contributed by atoms with Gasteiger partial charge in [0.15, 0.2) is 0 Å². The number of hydrogen-bond donors (Lipinski definition) is 2. The third kappa shape index (κ3) is 3.72. The van der Waals surface area contributed by atoms with Gasteiger partial charge in [-0.25, -0.2) is 4.98 Å². The predicted molar refractivity (Wildman–Crippen MR) is 89.9 cm³/mol. The summed E-state index contributed by atoms with van der Waals surface area (Å²) < 4.78 is 0. The van der Waals surface area contributed by atoms with E-state index in [4.69, 9.17) is 0 Å². The Bertz CT molecular complexity index is 697. The SMILES string of the molecule is CC(=O)Nc1ccc(C)cc1Nc1ncc(C)c(N(C)C)n1. The van der Waals surface area contributed by atoms with E-state index in [1.807, 2.05) is 51.0 Å². The van der Waals surface area contributed by atoms with Crippen LogP contribution < -0.4 is 15.5 Å². The van der Waals surface area contributed by atoms with Crippen molar-refractivity contribution >= 4 is 29.0 Å². The van der Waals surface area contributed by atoms with Crippen molar-refractivity contribution in [1.82, 2.24) is 9.97 Å².